The highest BCUT2D eigenvalue weighted by atomic mass is 32.2. The van der Waals surface area contributed by atoms with E-state index in [4.69, 9.17) is 4.84 Å². The minimum Gasteiger partial charge on any atom is -0.477 e. The van der Waals surface area contributed by atoms with Crippen molar-refractivity contribution in [2.24, 2.45) is 5.16 Å². The number of hydrogen-bond donors (Lipinski definition) is 4. The number of hydrogen-bond acceptors (Lipinski definition) is 12. The summed E-state index contributed by atoms with van der Waals surface area (Å²) in [5.74, 6) is -3.74. The molecule has 2 aliphatic heterocycles. The van der Waals surface area contributed by atoms with Crippen molar-refractivity contribution in [1.82, 2.24) is 30.8 Å². The average molecular weight is 570 g/mol. The van der Waals surface area contributed by atoms with Crippen LogP contribution in [0.15, 0.2) is 51.9 Å². The van der Waals surface area contributed by atoms with Crippen LogP contribution < -0.4 is 5.32 Å². The van der Waals surface area contributed by atoms with Crippen molar-refractivity contribution >= 4 is 57.1 Å². The van der Waals surface area contributed by atoms with Gasteiger partial charge in [0.05, 0.1) is 11.0 Å². The number of carboxylic acid groups (broad SMARTS) is 1. The van der Waals surface area contributed by atoms with Crippen LogP contribution in [-0.4, -0.2) is 102 Å². The number of nitrogens with one attached hydrogen (secondary N) is 2. The van der Waals surface area contributed by atoms with E-state index >= 15 is 0 Å². The molecule has 37 heavy (non-hydrogen) atoms. The number of rotatable bonds is 10. The lowest BCUT2D eigenvalue weighted by molar-refractivity contribution is -0.150. The molecule has 1 fully saturated rings. The second kappa shape index (κ2) is 10.9. The van der Waals surface area contributed by atoms with Crippen LogP contribution in [0.2, 0.25) is 0 Å². The first-order valence-electron chi connectivity index (χ1n) is 10.3. The average Bonchev–Trinajstić information content (AvgIpc) is 3.37. The Labute approximate surface area is 217 Å². The van der Waals surface area contributed by atoms with E-state index in [-0.39, 0.29) is 22.2 Å². The Balaban J connectivity index is 1.60. The SMILES string of the molecule is CON=C(C(=O)N[C@@H]1C(=O)N2C(C(=O)O)=C(C(CS(=O)(=O)O)Sc3nn[nH]n3)CS[C@@H]12)c1ccccc1. The molecule has 15 nitrogen and oxygen atoms in total. The Morgan fingerprint density at radius 3 is 2.70 bits per heavy atom. The molecule has 0 radical (unpaired) electrons. The molecule has 2 aliphatic rings. The highest BCUT2D eigenvalue weighted by molar-refractivity contribution is 8.01. The molecule has 0 aliphatic carbocycles. The number of oxime groups is 1. The fourth-order valence-electron chi connectivity index (χ4n) is 3.74. The molecule has 1 saturated heterocycles. The number of aromatic nitrogens is 4. The molecule has 2 amide bonds. The number of thioether (sulfide) groups is 2. The topological polar surface area (TPSA) is 217 Å². The van der Waals surface area contributed by atoms with Gasteiger partial charge >= 0.3 is 5.97 Å². The maximum atomic E-state index is 13.0. The molecule has 0 spiro atoms. The Morgan fingerprint density at radius 1 is 1.38 bits per heavy atom. The Kier molecular flexibility index (Phi) is 7.81. The van der Waals surface area contributed by atoms with Gasteiger partial charge in [-0.1, -0.05) is 47.2 Å². The van der Waals surface area contributed by atoms with E-state index in [9.17, 15) is 32.5 Å². The summed E-state index contributed by atoms with van der Waals surface area (Å²) in [6.45, 7) is 0. The third-order valence-corrected chi connectivity index (χ3v) is 8.64. The number of benzene rings is 1. The minimum atomic E-state index is -4.55. The highest BCUT2D eigenvalue weighted by Crippen LogP contribution is 2.43. The smallest absolute Gasteiger partial charge is 0.352 e. The number of aliphatic carboxylic acids is 1. The van der Waals surface area contributed by atoms with Gasteiger partial charge in [-0.25, -0.2) is 4.79 Å². The fourth-order valence-corrected chi connectivity index (χ4v) is 7.41. The molecular weight excluding hydrogens is 550 g/mol. The number of carbonyl (C=O) groups is 3. The summed E-state index contributed by atoms with van der Waals surface area (Å²) in [5, 5.41) is 27.4. The van der Waals surface area contributed by atoms with Gasteiger partial charge in [-0.15, -0.1) is 22.0 Å². The van der Waals surface area contributed by atoms with Gasteiger partial charge in [0.2, 0.25) is 5.16 Å². The Morgan fingerprint density at radius 2 is 2.11 bits per heavy atom. The fraction of sp³-hybridized carbons (Fsp3) is 0.316. The minimum absolute atomic E-state index is 0.00874. The van der Waals surface area contributed by atoms with Crippen molar-refractivity contribution < 1.29 is 37.3 Å². The summed E-state index contributed by atoms with van der Waals surface area (Å²) in [6, 6.07) is 7.35. The van der Waals surface area contributed by atoms with Crippen LogP contribution in [0.4, 0.5) is 0 Å². The van der Waals surface area contributed by atoms with Gasteiger partial charge in [-0.3, -0.25) is 19.0 Å². The molecule has 18 heteroatoms. The van der Waals surface area contributed by atoms with Crippen molar-refractivity contribution in [3.05, 3.63) is 47.2 Å². The molecule has 0 bridgehead atoms. The van der Waals surface area contributed by atoms with Gasteiger partial charge in [0.25, 0.3) is 21.9 Å². The van der Waals surface area contributed by atoms with Gasteiger partial charge in [-0.05, 0) is 10.8 Å². The van der Waals surface area contributed by atoms with Crippen LogP contribution in [0.3, 0.4) is 0 Å². The lowest BCUT2D eigenvalue weighted by Gasteiger charge is -2.50. The molecule has 3 atom stereocenters. The molecule has 4 rings (SSSR count). The van der Waals surface area contributed by atoms with E-state index in [0.717, 1.165) is 28.4 Å². The summed E-state index contributed by atoms with van der Waals surface area (Å²) in [4.78, 5) is 44.0. The molecule has 0 saturated carbocycles. The highest BCUT2D eigenvalue weighted by Gasteiger charge is 2.55. The van der Waals surface area contributed by atoms with E-state index in [1.807, 2.05) is 0 Å². The van der Waals surface area contributed by atoms with Gasteiger partial charge < -0.3 is 15.3 Å². The van der Waals surface area contributed by atoms with Gasteiger partial charge in [0.1, 0.15) is 24.2 Å². The van der Waals surface area contributed by atoms with Crippen LogP contribution in [0.25, 0.3) is 0 Å². The number of fused-ring (bicyclic) bond motifs is 1. The molecule has 1 aromatic carbocycles. The summed E-state index contributed by atoms with van der Waals surface area (Å²) in [5.41, 5.74) is 0.0132. The van der Waals surface area contributed by atoms with Crippen LogP contribution in [-0.2, 0) is 29.3 Å². The van der Waals surface area contributed by atoms with Gasteiger partial charge in [-0.2, -0.15) is 13.6 Å². The molecule has 3 heterocycles. The van der Waals surface area contributed by atoms with Crippen molar-refractivity contribution in [2.45, 2.75) is 21.8 Å². The zero-order chi connectivity index (χ0) is 26.7. The normalized spacial score (nSPS) is 20.6. The standard InChI is InChI=1S/C19H19N7O8S3/c1-34-23-12(9-5-3-2-4-6-9)15(27)20-13-16(28)26-14(18(29)30)10(7-35-17(13)26)11(8-37(31,32)33)36-19-21-24-25-22-19/h2-6,11,13,17H,7-8H2,1H3,(H,20,27)(H,29,30)(H,31,32,33)(H,21,22,24,25)/t11?,13-,17+/m1/s1. The molecule has 196 valence electrons. The number of β-lactam (4-membered cyclic amide) rings is 1. The van der Waals surface area contributed by atoms with Crippen LogP contribution in [0.1, 0.15) is 5.56 Å². The largest absolute Gasteiger partial charge is 0.477 e. The molecule has 1 unspecified atom stereocenters. The molecule has 2 aromatic rings. The number of nitrogens with zero attached hydrogens (tertiary/aromatic N) is 5. The van der Waals surface area contributed by atoms with Crippen LogP contribution in [0.5, 0.6) is 0 Å². The number of amides is 2. The summed E-state index contributed by atoms with van der Waals surface area (Å²) in [7, 11) is -3.28. The summed E-state index contributed by atoms with van der Waals surface area (Å²) < 4.78 is 32.8. The lowest BCUT2D eigenvalue weighted by atomic mass is 10.0. The number of tetrazole rings is 1. The molecule has 4 N–H and O–H groups in total. The molecule has 1 aromatic heterocycles. The maximum Gasteiger partial charge on any atom is 0.352 e. The van der Waals surface area contributed by atoms with Crippen molar-refractivity contribution in [3.63, 3.8) is 0 Å². The van der Waals surface area contributed by atoms with E-state index in [2.05, 4.69) is 31.1 Å². The van der Waals surface area contributed by atoms with E-state index in [1.165, 1.54) is 7.11 Å². The first kappa shape index (κ1) is 26.6. The summed E-state index contributed by atoms with van der Waals surface area (Å²) in [6.07, 6.45) is 0. The third-order valence-electron chi connectivity index (χ3n) is 5.26. The maximum absolute atomic E-state index is 13.0. The zero-order valence-corrected chi connectivity index (χ0v) is 21.3. The van der Waals surface area contributed by atoms with Gasteiger partial charge in [0.15, 0.2) is 5.71 Å². The first-order valence-corrected chi connectivity index (χ1v) is 13.9. The molecular formula is C19H19N7O8S3. The van der Waals surface area contributed by atoms with Crippen LogP contribution in [0, 0.1) is 0 Å². The predicted octanol–water partition coefficient (Wildman–Crippen LogP) is -0.662. The zero-order valence-electron chi connectivity index (χ0n) is 18.8. The van der Waals surface area contributed by atoms with E-state index in [0.29, 0.717) is 5.56 Å². The number of carboxylic acids is 1. The van der Waals surface area contributed by atoms with Crippen molar-refractivity contribution in [3.8, 4) is 0 Å². The third kappa shape index (κ3) is 5.76. The second-order valence-electron chi connectivity index (χ2n) is 7.58. The van der Waals surface area contributed by atoms with Gasteiger partial charge in [0, 0.05) is 11.3 Å². The number of aromatic amines is 1. The van der Waals surface area contributed by atoms with Crippen LogP contribution >= 0.6 is 23.5 Å². The lowest BCUT2D eigenvalue weighted by Crippen LogP contribution is -2.71. The van der Waals surface area contributed by atoms with Crippen molar-refractivity contribution in [1.29, 1.82) is 0 Å². The van der Waals surface area contributed by atoms with E-state index < -0.39 is 56.0 Å². The summed E-state index contributed by atoms with van der Waals surface area (Å²) >= 11 is 1.90. The number of carbonyl (C=O) groups excluding carboxylic acids is 2. The second-order valence-corrected chi connectivity index (χ2v) is 11.3. The monoisotopic (exact) mass is 569 g/mol. The predicted molar refractivity (Wildman–Crippen MR) is 130 cm³/mol. The van der Waals surface area contributed by atoms with Crippen molar-refractivity contribution in [2.75, 3.05) is 18.6 Å². The Bertz CT molecular complexity index is 1370. The quantitative estimate of drug-likeness (QED) is 0.0919. The van der Waals surface area contributed by atoms with E-state index in [1.54, 1.807) is 30.3 Å². The number of H-pyrrole nitrogens is 1. The first-order chi connectivity index (χ1) is 17.6. The Hall–Kier alpha value is -3.48.